The molecule has 0 unspecified atom stereocenters. The fraction of sp³-hybridized carbons (Fsp3) is 0.474. The number of carbonyl (C=O) groups is 1. The van der Waals surface area contributed by atoms with Crippen molar-refractivity contribution in [1.29, 1.82) is 0 Å². The first kappa shape index (κ1) is 16.2. The molecule has 0 spiro atoms. The molecule has 1 N–H and O–H groups in total. The second-order valence-corrected chi connectivity index (χ2v) is 7.01. The van der Waals surface area contributed by atoms with Crippen molar-refractivity contribution in [3.8, 4) is 5.69 Å². The number of benzene rings is 1. The van der Waals surface area contributed by atoms with Crippen LogP contribution in [0.4, 0.5) is 8.78 Å². The van der Waals surface area contributed by atoms with Crippen LogP contribution in [-0.4, -0.2) is 21.7 Å². The van der Waals surface area contributed by atoms with E-state index in [0.29, 0.717) is 17.5 Å². The largest absolute Gasteiger partial charge is 0.348 e. The second-order valence-electron chi connectivity index (χ2n) is 7.01. The first-order valence-electron chi connectivity index (χ1n) is 8.91. The smallest absolute Gasteiger partial charge is 0.272 e. The van der Waals surface area contributed by atoms with Gasteiger partial charge in [0.05, 0.1) is 5.69 Å². The monoisotopic (exact) mass is 345 g/mol. The average molecular weight is 345 g/mol. The summed E-state index contributed by atoms with van der Waals surface area (Å²) in [6.07, 6.45) is 3.57. The highest BCUT2D eigenvalue weighted by Gasteiger charge is 2.50. The Hall–Kier alpha value is -2.24. The van der Waals surface area contributed by atoms with Crippen LogP contribution in [0.25, 0.3) is 5.69 Å². The summed E-state index contributed by atoms with van der Waals surface area (Å²) in [5, 5.41) is 7.45. The van der Waals surface area contributed by atoms with Crippen LogP contribution in [-0.2, 0) is 6.42 Å². The molecule has 2 atom stereocenters. The van der Waals surface area contributed by atoms with Gasteiger partial charge in [0.15, 0.2) is 11.5 Å². The third-order valence-corrected chi connectivity index (χ3v) is 5.44. The molecule has 6 heteroatoms. The normalized spacial score (nSPS) is 20.5. The molecule has 1 fully saturated rings. The summed E-state index contributed by atoms with van der Waals surface area (Å²) in [5.41, 5.74) is 2.43. The number of nitrogens with zero attached hydrogens (tertiary/aromatic N) is 2. The molecule has 0 saturated heterocycles. The summed E-state index contributed by atoms with van der Waals surface area (Å²) in [7, 11) is 0. The summed E-state index contributed by atoms with van der Waals surface area (Å²) < 4.78 is 29.0. The van der Waals surface area contributed by atoms with Gasteiger partial charge < -0.3 is 5.32 Å². The van der Waals surface area contributed by atoms with Crippen molar-refractivity contribution in [2.45, 2.75) is 51.5 Å². The fourth-order valence-electron chi connectivity index (χ4n) is 3.88. The second kappa shape index (κ2) is 5.93. The van der Waals surface area contributed by atoms with E-state index in [1.807, 2.05) is 13.8 Å². The number of carbonyl (C=O) groups excluding carboxylic acids is 1. The van der Waals surface area contributed by atoms with Gasteiger partial charge in [-0.2, -0.15) is 5.10 Å². The minimum atomic E-state index is -0.665. The lowest BCUT2D eigenvalue weighted by Crippen LogP contribution is -2.34. The Labute approximate surface area is 145 Å². The van der Waals surface area contributed by atoms with E-state index in [4.69, 9.17) is 0 Å². The number of halogens is 2. The van der Waals surface area contributed by atoms with E-state index in [0.717, 1.165) is 43.0 Å². The topological polar surface area (TPSA) is 46.9 Å². The molecule has 2 aliphatic carbocycles. The molecule has 0 bridgehead atoms. The van der Waals surface area contributed by atoms with Gasteiger partial charge >= 0.3 is 0 Å². The van der Waals surface area contributed by atoms with Crippen molar-refractivity contribution >= 4 is 5.91 Å². The molecular formula is C19H21F2N3O. The summed E-state index contributed by atoms with van der Waals surface area (Å²) in [4.78, 5) is 12.7. The van der Waals surface area contributed by atoms with Crippen LogP contribution in [0.1, 0.15) is 60.8 Å². The van der Waals surface area contributed by atoms with E-state index >= 15 is 0 Å². The van der Waals surface area contributed by atoms with Crippen molar-refractivity contribution in [2.75, 3.05) is 0 Å². The Balaban J connectivity index is 1.76. The van der Waals surface area contributed by atoms with Gasteiger partial charge in [-0.25, -0.2) is 13.5 Å². The molecule has 4 nitrogen and oxygen atoms in total. The van der Waals surface area contributed by atoms with Crippen LogP contribution < -0.4 is 5.32 Å². The predicted octanol–water partition coefficient (Wildman–Crippen LogP) is 3.73. The summed E-state index contributed by atoms with van der Waals surface area (Å²) in [6.45, 7) is 4.06. The van der Waals surface area contributed by atoms with Gasteiger partial charge in [0.25, 0.3) is 5.91 Å². The molecular weight excluding hydrogens is 324 g/mol. The van der Waals surface area contributed by atoms with E-state index in [1.54, 1.807) is 0 Å². The highest BCUT2D eigenvalue weighted by atomic mass is 19.1. The third kappa shape index (κ3) is 2.64. The highest BCUT2D eigenvalue weighted by molar-refractivity contribution is 5.94. The molecule has 1 heterocycles. The van der Waals surface area contributed by atoms with Gasteiger partial charge in [-0.15, -0.1) is 0 Å². The molecule has 1 aromatic heterocycles. The van der Waals surface area contributed by atoms with Crippen LogP contribution in [0, 0.1) is 17.6 Å². The lowest BCUT2D eigenvalue weighted by molar-refractivity contribution is 0.0928. The van der Waals surface area contributed by atoms with Crippen molar-refractivity contribution < 1.29 is 13.6 Å². The Kier molecular flexibility index (Phi) is 3.85. The van der Waals surface area contributed by atoms with Crippen LogP contribution in [0.5, 0.6) is 0 Å². The molecule has 132 valence electrons. The number of aromatic nitrogens is 2. The molecule has 4 rings (SSSR count). The lowest BCUT2D eigenvalue weighted by atomic mass is 10.1. The maximum atomic E-state index is 14.3. The van der Waals surface area contributed by atoms with Gasteiger partial charge in [0, 0.05) is 23.6 Å². The highest BCUT2D eigenvalue weighted by Crippen LogP contribution is 2.57. The Bertz CT molecular complexity index is 841. The predicted molar refractivity (Wildman–Crippen MR) is 89.9 cm³/mol. The SMILES string of the molecule is CCC(CC)NC(=O)c1nn(-c2ccc(F)cc2F)c2c1C[C@H]1C[C@@H]21. The Morgan fingerprint density at radius 2 is 2.12 bits per heavy atom. The molecule has 2 aliphatic rings. The zero-order chi connectivity index (χ0) is 17.7. The minimum Gasteiger partial charge on any atom is -0.348 e. The summed E-state index contributed by atoms with van der Waals surface area (Å²) in [5.74, 6) is -0.626. The van der Waals surface area contributed by atoms with Crippen LogP contribution >= 0.6 is 0 Å². The quantitative estimate of drug-likeness (QED) is 0.898. The molecule has 2 aromatic rings. The van der Waals surface area contributed by atoms with Crippen molar-refractivity contribution in [3.05, 3.63) is 46.8 Å². The van der Waals surface area contributed by atoms with Gasteiger partial charge in [0.1, 0.15) is 11.5 Å². The fourth-order valence-corrected chi connectivity index (χ4v) is 3.88. The molecule has 1 saturated carbocycles. The van der Waals surface area contributed by atoms with Gasteiger partial charge in [-0.3, -0.25) is 4.79 Å². The van der Waals surface area contributed by atoms with Crippen molar-refractivity contribution in [1.82, 2.24) is 15.1 Å². The van der Waals surface area contributed by atoms with E-state index in [1.165, 1.54) is 16.8 Å². The van der Waals surface area contributed by atoms with E-state index in [2.05, 4.69) is 10.4 Å². The summed E-state index contributed by atoms with van der Waals surface area (Å²) >= 11 is 0. The van der Waals surface area contributed by atoms with Crippen LogP contribution in [0.2, 0.25) is 0 Å². The third-order valence-electron chi connectivity index (χ3n) is 5.44. The van der Waals surface area contributed by atoms with Crippen LogP contribution in [0.15, 0.2) is 18.2 Å². The Morgan fingerprint density at radius 3 is 2.80 bits per heavy atom. The van der Waals surface area contributed by atoms with E-state index in [-0.39, 0.29) is 17.6 Å². The average Bonchev–Trinajstić information content (AvgIpc) is 3.09. The number of rotatable bonds is 5. The van der Waals surface area contributed by atoms with Gasteiger partial charge in [-0.1, -0.05) is 13.8 Å². The van der Waals surface area contributed by atoms with E-state index < -0.39 is 11.6 Å². The number of amides is 1. The van der Waals surface area contributed by atoms with Gasteiger partial charge in [0.2, 0.25) is 0 Å². The number of hydrogen-bond donors (Lipinski definition) is 1. The number of fused-ring (bicyclic) bond motifs is 3. The Morgan fingerprint density at radius 1 is 1.36 bits per heavy atom. The van der Waals surface area contributed by atoms with Crippen molar-refractivity contribution in [3.63, 3.8) is 0 Å². The first-order valence-corrected chi connectivity index (χ1v) is 8.91. The zero-order valence-corrected chi connectivity index (χ0v) is 14.4. The molecule has 0 aliphatic heterocycles. The molecule has 25 heavy (non-hydrogen) atoms. The molecule has 1 amide bonds. The maximum Gasteiger partial charge on any atom is 0.272 e. The van der Waals surface area contributed by atoms with E-state index in [9.17, 15) is 13.6 Å². The zero-order valence-electron chi connectivity index (χ0n) is 14.4. The molecule has 0 radical (unpaired) electrons. The maximum absolute atomic E-state index is 14.3. The minimum absolute atomic E-state index is 0.104. The summed E-state index contributed by atoms with van der Waals surface area (Å²) in [6, 6.07) is 3.56. The number of hydrogen-bond acceptors (Lipinski definition) is 2. The standard InChI is InChI=1S/C19H21F2N3O/c1-3-12(4-2)22-19(25)17-14-8-10-7-13(10)18(14)24(23-17)16-6-5-11(20)9-15(16)21/h5-6,9-10,12-13H,3-4,7-8H2,1-2H3,(H,22,25)/t10-,13-/m1/s1. The van der Waals surface area contributed by atoms with Crippen LogP contribution in [0.3, 0.4) is 0 Å². The van der Waals surface area contributed by atoms with Gasteiger partial charge in [-0.05, 0) is 43.7 Å². The number of nitrogens with one attached hydrogen (secondary N) is 1. The molecule has 1 aromatic carbocycles. The van der Waals surface area contributed by atoms with Crippen molar-refractivity contribution in [2.24, 2.45) is 5.92 Å². The first-order chi connectivity index (χ1) is 12.0. The lowest BCUT2D eigenvalue weighted by Gasteiger charge is -2.14.